The fourth-order valence-corrected chi connectivity index (χ4v) is 10.6. The van der Waals surface area contributed by atoms with Crippen molar-refractivity contribution < 1.29 is 0 Å². The van der Waals surface area contributed by atoms with Crippen molar-refractivity contribution in [3.8, 4) is 40.0 Å². The van der Waals surface area contributed by atoms with Gasteiger partial charge < -0.3 is 0 Å². The minimum absolute atomic E-state index is 0.570. The van der Waals surface area contributed by atoms with E-state index in [1.54, 1.807) is 0 Å². The van der Waals surface area contributed by atoms with E-state index in [0.717, 1.165) is 55.1 Å². The van der Waals surface area contributed by atoms with E-state index < -0.39 is 0 Å². The highest BCUT2D eigenvalue weighted by Gasteiger charge is 2.21. The first-order chi connectivity index (χ1) is 29.7. The lowest BCUT2D eigenvalue weighted by atomic mass is 9.92. The zero-order chi connectivity index (χ0) is 39.3. The Bertz CT molecular complexity index is 3810. The zero-order valence-corrected chi connectivity index (χ0v) is 32.9. The van der Waals surface area contributed by atoms with Gasteiger partial charge in [0, 0.05) is 53.0 Å². The third-order valence-electron chi connectivity index (χ3n) is 12.0. The topological polar surface area (TPSA) is 56.5 Å². The van der Waals surface area contributed by atoms with Gasteiger partial charge in [0.2, 0.25) is 5.95 Å². The summed E-state index contributed by atoms with van der Waals surface area (Å²) in [5, 5.41) is 13.3. The van der Waals surface area contributed by atoms with Crippen molar-refractivity contribution in [1.82, 2.24) is 24.5 Å². The quantitative estimate of drug-likeness (QED) is 0.167. The van der Waals surface area contributed by atoms with Crippen LogP contribution in [0.25, 0.3) is 125 Å². The zero-order valence-electron chi connectivity index (χ0n) is 32.0. The molecule has 0 aliphatic rings. The van der Waals surface area contributed by atoms with Crippen molar-refractivity contribution in [2.45, 2.75) is 0 Å². The van der Waals surface area contributed by atoms with Crippen LogP contribution in [0.5, 0.6) is 0 Å². The molecular weight excluding hydrogens is 751 g/mol. The molecule has 13 rings (SSSR count). The van der Waals surface area contributed by atoms with Crippen molar-refractivity contribution in [3.63, 3.8) is 0 Å². The Labute approximate surface area is 347 Å². The maximum absolute atomic E-state index is 5.60. The van der Waals surface area contributed by atoms with Crippen molar-refractivity contribution in [3.05, 3.63) is 188 Å². The molecule has 13 aromatic rings. The second-order valence-electron chi connectivity index (χ2n) is 15.4. The van der Waals surface area contributed by atoms with Crippen LogP contribution in [-0.4, -0.2) is 24.5 Å². The third-order valence-corrected chi connectivity index (χ3v) is 13.2. The Morgan fingerprint density at radius 2 is 0.867 bits per heavy atom. The van der Waals surface area contributed by atoms with E-state index >= 15 is 0 Å². The number of nitrogens with zero attached hydrogens (tertiary/aromatic N) is 5. The molecule has 0 N–H and O–H groups in total. The molecule has 4 aromatic heterocycles. The lowest BCUT2D eigenvalue weighted by Gasteiger charge is -2.13. The summed E-state index contributed by atoms with van der Waals surface area (Å²) >= 11 is 1.83. The molecule has 4 heterocycles. The van der Waals surface area contributed by atoms with Crippen LogP contribution in [-0.2, 0) is 0 Å². The molecule has 5 nitrogen and oxygen atoms in total. The van der Waals surface area contributed by atoms with Crippen molar-refractivity contribution >= 4 is 96.5 Å². The van der Waals surface area contributed by atoms with Crippen molar-refractivity contribution in [1.29, 1.82) is 0 Å². The SMILES string of the molecule is c1ccc(-c2nc(-c3ccc4c(c3)nc(-c3ccc5c6ccccc6c6ccccc6c5c3)c3c5ccccc5sc43)nc(-n3c4ccccc4c4ccccc43)n2)cc1. The summed E-state index contributed by atoms with van der Waals surface area (Å²) in [6.07, 6.45) is 0. The van der Waals surface area contributed by atoms with Crippen LogP contribution in [0.2, 0.25) is 0 Å². The van der Waals surface area contributed by atoms with Crippen LogP contribution in [0.3, 0.4) is 0 Å². The van der Waals surface area contributed by atoms with Gasteiger partial charge in [-0.05, 0) is 62.6 Å². The molecule has 0 radical (unpaired) electrons. The highest BCUT2D eigenvalue weighted by Crippen LogP contribution is 2.45. The molecule has 0 aliphatic carbocycles. The van der Waals surface area contributed by atoms with E-state index in [0.29, 0.717) is 17.6 Å². The molecule has 0 saturated heterocycles. The smallest absolute Gasteiger partial charge is 0.238 e. The summed E-state index contributed by atoms with van der Waals surface area (Å²) in [5.74, 6) is 1.77. The van der Waals surface area contributed by atoms with Crippen LogP contribution >= 0.6 is 11.3 Å². The first-order valence-corrected chi connectivity index (χ1v) is 21.0. The van der Waals surface area contributed by atoms with Crippen LogP contribution in [0.15, 0.2) is 188 Å². The molecule has 0 unspecified atom stereocenters. The minimum Gasteiger partial charge on any atom is -0.278 e. The van der Waals surface area contributed by atoms with Gasteiger partial charge in [-0.15, -0.1) is 11.3 Å². The van der Waals surface area contributed by atoms with E-state index in [-0.39, 0.29) is 0 Å². The summed E-state index contributed by atoms with van der Waals surface area (Å²) in [6, 6.07) is 66.6. The Morgan fingerprint density at radius 1 is 0.350 bits per heavy atom. The van der Waals surface area contributed by atoms with Crippen molar-refractivity contribution in [2.75, 3.05) is 0 Å². The van der Waals surface area contributed by atoms with Gasteiger partial charge in [-0.1, -0.05) is 158 Å². The molecule has 60 heavy (non-hydrogen) atoms. The van der Waals surface area contributed by atoms with Gasteiger partial charge in [0.1, 0.15) is 0 Å². The van der Waals surface area contributed by atoms with Gasteiger partial charge in [-0.25, -0.2) is 9.97 Å². The van der Waals surface area contributed by atoms with Gasteiger partial charge in [-0.2, -0.15) is 9.97 Å². The molecule has 0 saturated carbocycles. The number of fused-ring (bicyclic) bond motifs is 14. The third kappa shape index (κ3) is 4.92. The van der Waals surface area contributed by atoms with Crippen LogP contribution in [0, 0.1) is 0 Å². The molecule has 6 heteroatoms. The van der Waals surface area contributed by atoms with Gasteiger partial charge in [0.05, 0.1) is 22.2 Å². The average Bonchev–Trinajstić information content (AvgIpc) is 3.88. The predicted molar refractivity (Wildman–Crippen MR) is 251 cm³/mol. The largest absolute Gasteiger partial charge is 0.278 e. The lowest BCUT2D eigenvalue weighted by Crippen LogP contribution is -2.06. The Balaban J connectivity index is 1.07. The predicted octanol–water partition coefficient (Wildman–Crippen LogP) is 14.3. The van der Waals surface area contributed by atoms with E-state index in [1.165, 1.54) is 52.5 Å². The van der Waals surface area contributed by atoms with Crippen molar-refractivity contribution in [2.24, 2.45) is 0 Å². The van der Waals surface area contributed by atoms with E-state index in [2.05, 4.69) is 174 Å². The standard InChI is InChI=1S/C54H31N5S/c1-2-14-32(15-3-1)52-56-53(58-54(57-52)59-46-23-11-8-20-40(46)41-21-9-12-24-47(41)59)34-27-29-42-45(31-34)55-50(49-43-22-10-13-25-48(43)60-51(42)49)33-26-28-39-37-18-5-4-16-35(37)36-17-6-7-19-38(36)44(39)30-33/h1-31H. The summed E-state index contributed by atoms with van der Waals surface area (Å²) in [7, 11) is 0. The molecular formula is C54H31N5S. The molecule has 0 amide bonds. The Morgan fingerprint density at radius 3 is 1.55 bits per heavy atom. The van der Waals surface area contributed by atoms with Gasteiger partial charge in [-0.3, -0.25) is 4.57 Å². The molecule has 0 bridgehead atoms. The van der Waals surface area contributed by atoms with Crippen LogP contribution in [0.4, 0.5) is 0 Å². The number of hydrogen-bond acceptors (Lipinski definition) is 5. The van der Waals surface area contributed by atoms with Crippen LogP contribution in [0.1, 0.15) is 0 Å². The number of benzene rings is 9. The number of hydrogen-bond donors (Lipinski definition) is 0. The molecule has 0 fully saturated rings. The fourth-order valence-electron chi connectivity index (χ4n) is 9.31. The summed E-state index contributed by atoms with van der Waals surface area (Å²) in [6.45, 7) is 0. The van der Waals surface area contributed by atoms with Crippen LogP contribution < -0.4 is 0 Å². The number of rotatable bonds is 4. The highest BCUT2D eigenvalue weighted by atomic mass is 32.1. The molecule has 0 aliphatic heterocycles. The lowest BCUT2D eigenvalue weighted by molar-refractivity contribution is 0.953. The second-order valence-corrected chi connectivity index (χ2v) is 16.4. The number of thiophene rings is 1. The van der Waals surface area contributed by atoms with E-state index in [9.17, 15) is 0 Å². The maximum Gasteiger partial charge on any atom is 0.238 e. The van der Waals surface area contributed by atoms with E-state index in [1.807, 2.05) is 29.5 Å². The van der Waals surface area contributed by atoms with Gasteiger partial charge in [0.25, 0.3) is 0 Å². The van der Waals surface area contributed by atoms with Gasteiger partial charge >= 0.3 is 0 Å². The summed E-state index contributed by atoms with van der Waals surface area (Å²) in [4.78, 5) is 21.2. The molecule has 0 spiro atoms. The first-order valence-electron chi connectivity index (χ1n) is 20.1. The van der Waals surface area contributed by atoms with Gasteiger partial charge in [0.15, 0.2) is 11.6 Å². The monoisotopic (exact) mass is 781 g/mol. The Hall–Kier alpha value is -7.80. The average molecular weight is 782 g/mol. The highest BCUT2D eigenvalue weighted by molar-refractivity contribution is 7.26. The Kier molecular flexibility index (Phi) is 7.11. The minimum atomic E-state index is 0.570. The number of para-hydroxylation sites is 2. The number of aromatic nitrogens is 5. The molecule has 9 aromatic carbocycles. The van der Waals surface area contributed by atoms with E-state index in [4.69, 9.17) is 19.9 Å². The molecule has 278 valence electrons. The normalized spacial score (nSPS) is 12.0. The molecule has 0 atom stereocenters. The first kappa shape index (κ1) is 33.2. The summed E-state index contributed by atoms with van der Waals surface area (Å²) < 4.78 is 4.62. The maximum atomic E-state index is 5.60. The fraction of sp³-hybridized carbons (Fsp3) is 0. The number of pyridine rings is 1. The summed E-state index contributed by atoms with van der Waals surface area (Å²) in [5.41, 5.74) is 6.84. The second kappa shape index (κ2) is 12.9.